The van der Waals surface area contributed by atoms with Crippen LogP contribution in [0.15, 0.2) is 0 Å². The van der Waals surface area contributed by atoms with Gasteiger partial charge in [-0.1, -0.05) is 13.8 Å². The first-order valence-corrected chi connectivity index (χ1v) is 5.72. The number of hydrogen-bond acceptors (Lipinski definition) is 4. The van der Waals surface area contributed by atoms with Crippen LogP contribution in [0, 0.1) is 5.92 Å². The van der Waals surface area contributed by atoms with Gasteiger partial charge in [-0.25, -0.2) is 0 Å². The fourth-order valence-corrected chi connectivity index (χ4v) is 1.16. The van der Waals surface area contributed by atoms with E-state index in [9.17, 15) is 4.79 Å². The van der Waals surface area contributed by atoms with Crippen molar-refractivity contribution >= 4 is 17.7 Å². The summed E-state index contributed by atoms with van der Waals surface area (Å²) in [7, 11) is 1.42. The highest BCUT2D eigenvalue weighted by Gasteiger charge is 2.12. The van der Waals surface area contributed by atoms with E-state index in [1.165, 1.54) is 7.11 Å². The molecule has 13 heavy (non-hydrogen) atoms. The van der Waals surface area contributed by atoms with Gasteiger partial charge in [0.15, 0.2) is 0 Å². The molecule has 0 aromatic heterocycles. The van der Waals surface area contributed by atoms with Gasteiger partial charge < -0.3 is 10.1 Å². The molecule has 0 bridgehead atoms. The third-order valence-electron chi connectivity index (χ3n) is 1.89. The minimum atomic E-state index is -0.149. The zero-order valence-electron chi connectivity index (χ0n) is 8.79. The Bertz CT molecular complexity index is 153. The summed E-state index contributed by atoms with van der Waals surface area (Å²) in [4.78, 5) is 11.0. The molecule has 0 aliphatic carbocycles. The lowest BCUT2D eigenvalue weighted by Gasteiger charge is -2.12. The summed E-state index contributed by atoms with van der Waals surface area (Å²) >= 11 is 1.81. The second kappa shape index (κ2) is 7.21. The monoisotopic (exact) mass is 205 g/mol. The van der Waals surface area contributed by atoms with Crippen LogP contribution >= 0.6 is 11.8 Å². The standard InChI is InChI=1S/C9H19NO2S/c1-7(9(11)12-3)5-10-6-8(2)13-4/h7-8,10H,5-6H2,1-4H3. The first kappa shape index (κ1) is 12.8. The normalized spacial score (nSPS) is 15.1. The predicted octanol–water partition coefficient (Wildman–Crippen LogP) is 1.14. The number of carbonyl (C=O) groups is 1. The summed E-state index contributed by atoms with van der Waals surface area (Å²) in [6.45, 7) is 5.64. The summed E-state index contributed by atoms with van der Waals surface area (Å²) < 4.78 is 4.61. The maximum atomic E-state index is 11.0. The summed E-state index contributed by atoms with van der Waals surface area (Å²) in [5, 5.41) is 3.82. The Hall–Kier alpha value is -0.220. The summed E-state index contributed by atoms with van der Waals surface area (Å²) in [5.41, 5.74) is 0. The van der Waals surface area contributed by atoms with Crippen molar-refractivity contribution in [2.45, 2.75) is 19.1 Å². The van der Waals surface area contributed by atoms with E-state index in [2.05, 4.69) is 23.2 Å². The molecule has 0 aromatic rings. The van der Waals surface area contributed by atoms with Crippen LogP contribution in [0.2, 0.25) is 0 Å². The van der Waals surface area contributed by atoms with Crippen LogP contribution in [0.1, 0.15) is 13.8 Å². The number of esters is 1. The molecule has 3 nitrogen and oxygen atoms in total. The van der Waals surface area contributed by atoms with E-state index in [-0.39, 0.29) is 11.9 Å². The van der Waals surface area contributed by atoms with Crippen LogP contribution in [-0.2, 0) is 9.53 Å². The SMILES string of the molecule is COC(=O)C(C)CNCC(C)SC. The molecule has 2 unspecified atom stereocenters. The molecular weight excluding hydrogens is 186 g/mol. The zero-order chi connectivity index (χ0) is 10.3. The largest absolute Gasteiger partial charge is 0.469 e. The van der Waals surface area contributed by atoms with Gasteiger partial charge in [0.1, 0.15) is 0 Å². The Balaban J connectivity index is 3.47. The van der Waals surface area contributed by atoms with Crippen molar-refractivity contribution in [3.8, 4) is 0 Å². The lowest BCUT2D eigenvalue weighted by molar-refractivity contribution is -0.144. The minimum Gasteiger partial charge on any atom is -0.469 e. The number of thioether (sulfide) groups is 1. The van der Waals surface area contributed by atoms with Gasteiger partial charge in [0, 0.05) is 18.3 Å². The Morgan fingerprint density at radius 3 is 2.54 bits per heavy atom. The molecular formula is C9H19NO2S. The van der Waals surface area contributed by atoms with Crippen molar-refractivity contribution < 1.29 is 9.53 Å². The zero-order valence-corrected chi connectivity index (χ0v) is 9.61. The average molecular weight is 205 g/mol. The van der Waals surface area contributed by atoms with Crippen molar-refractivity contribution in [2.75, 3.05) is 26.5 Å². The van der Waals surface area contributed by atoms with Crippen molar-refractivity contribution in [2.24, 2.45) is 5.92 Å². The van der Waals surface area contributed by atoms with Crippen molar-refractivity contribution in [1.29, 1.82) is 0 Å². The molecule has 0 spiro atoms. The van der Waals surface area contributed by atoms with Crippen molar-refractivity contribution in [1.82, 2.24) is 5.32 Å². The van der Waals surface area contributed by atoms with Gasteiger partial charge in [-0.15, -0.1) is 0 Å². The first-order valence-electron chi connectivity index (χ1n) is 4.43. The topological polar surface area (TPSA) is 38.3 Å². The third-order valence-corrected chi connectivity index (χ3v) is 2.86. The number of carbonyl (C=O) groups excluding carboxylic acids is 1. The van der Waals surface area contributed by atoms with Crippen LogP contribution in [-0.4, -0.2) is 37.7 Å². The molecule has 0 saturated heterocycles. The van der Waals surface area contributed by atoms with Gasteiger partial charge in [0.05, 0.1) is 13.0 Å². The molecule has 0 saturated carbocycles. The molecule has 0 aliphatic rings. The fraction of sp³-hybridized carbons (Fsp3) is 0.889. The quantitative estimate of drug-likeness (QED) is 0.660. The summed E-state index contributed by atoms with van der Waals surface area (Å²) in [5.74, 6) is -0.205. The summed E-state index contributed by atoms with van der Waals surface area (Å²) in [6, 6.07) is 0. The molecule has 0 amide bonds. The van der Waals surface area contributed by atoms with E-state index in [4.69, 9.17) is 0 Å². The van der Waals surface area contributed by atoms with Crippen LogP contribution in [0.25, 0.3) is 0 Å². The van der Waals surface area contributed by atoms with Gasteiger partial charge in [-0.3, -0.25) is 4.79 Å². The van der Waals surface area contributed by atoms with E-state index in [0.717, 1.165) is 6.54 Å². The van der Waals surface area contributed by atoms with E-state index in [1.807, 2.05) is 18.7 Å². The number of methoxy groups -OCH3 is 1. The van der Waals surface area contributed by atoms with E-state index in [1.54, 1.807) is 0 Å². The minimum absolute atomic E-state index is 0.0564. The average Bonchev–Trinajstić information content (AvgIpc) is 2.15. The van der Waals surface area contributed by atoms with Crippen LogP contribution < -0.4 is 5.32 Å². The Morgan fingerprint density at radius 2 is 2.08 bits per heavy atom. The number of nitrogens with one attached hydrogen (secondary N) is 1. The molecule has 4 heteroatoms. The van der Waals surface area contributed by atoms with E-state index < -0.39 is 0 Å². The third kappa shape index (κ3) is 5.93. The Kier molecular flexibility index (Phi) is 7.09. The van der Waals surface area contributed by atoms with Crippen LogP contribution in [0.3, 0.4) is 0 Å². The Labute approximate surface area is 84.6 Å². The molecule has 1 N–H and O–H groups in total. The second-order valence-corrected chi connectivity index (χ2v) is 4.40. The maximum absolute atomic E-state index is 11.0. The maximum Gasteiger partial charge on any atom is 0.309 e. The van der Waals surface area contributed by atoms with Crippen molar-refractivity contribution in [3.63, 3.8) is 0 Å². The fourth-order valence-electron chi connectivity index (χ4n) is 0.871. The highest BCUT2D eigenvalue weighted by molar-refractivity contribution is 7.99. The first-order chi connectivity index (χ1) is 6.11. The van der Waals surface area contributed by atoms with Crippen LogP contribution in [0.5, 0.6) is 0 Å². The Morgan fingerprint density at radius 1 is 1.46 bits per heavy atom. The lowest BCUT2D eigenvalue weighted by atomic mass is 10.2. The molecule has 0 heterocycles. The lowest BCUT2D eigenvalue weighted by Crippen LogP contribution is -2.31. The van der Waals surface area contributed by atoms with Gasteiger partial charge in [-0.05, 0) is 6.26 Å². The molecule has 0 aliphatic heterocycles. The predicted molar refractivity (Wildman–Crippen MR) is 57.0 cm³/mol. The van der Waals surface area contributed by atoms with Gasteiger partial charge in [0.2, 0.25) is 0 Å². The molecule has 0 radical (unpaired) electrons. The number of rotatable bonds is 6. The number of ether oxygens (including phenoxy) is 1. The molecule has 0 aromatic carbocycles. The molecule has 78 valence electrons. The molecule has 2 atom stereocenters. The molecule has 0 rings (SSSR count). The van der Waals surface area contributed by atoms with Gasteiger partial charge >= 0.3 is 5.97 Å². The second-order valence-electron chi connectivity index (χ2n) is 3.13. The number of hydrogen-bond donors (Lipinski definition) is 1. The smallest absolute Gasteiger partial charge is 0.309 e. The van der Waals surface area contributed by atoms with Crippen molar-refractivity contribution in [3.05, 3.63) is 0 Å². The van der Waals surface area contributed by atoms with E-state index in [0.29, 0.717) is 11.8 Å². The van der Waals surface area contributed by atoms with E-state index >= 15 is 0 Å². The highest BCUT2D eigenvalue weighted by atomic mass is 32.2. The summed E-state index contributed by atoms with van der Waals surface area (Å²) in [6.07, 6.45) is 2.08. The van der Waals surface area contributed by atoms with Gasteiger partial charge in [-0.2, -0.15) is 11.8 Å². The van der Waals surface area contributed by atoms with Gasteiger partial charge in [0.25, 0.3) is 0 Å². The highest BCUT2D eigenvalue weighted by Crippen LogP contribution is 2.03. The van der Waals surface area contributed by atoms with Crippen LogP contribution in [0.4, 0.5) is 0 Å². The molecule has 0 fully saturated rings.